The van der Waals surface area contributed by atoms with E-state index in [9.17, 15) is 15.3 Å². The van der Waals surface area contributed by atoms with Crippen molar-refractivity contribution in [1.82, 2.24) is 0 Å². The van der Waals surface area contributed by atoms with Crippen molar-refractivity contribution in [3.63, 3.8) is 0 Å². The molecule has 0 aromatic rings. The summed E-state index contributed by atoms with van der Waals surface area (Å²) in [5, 5.41) is 31.1. The maximum Gasteiger partial charge on any atom is 0.182 e. The molecule has 4 aliphatic carbocycles. The first-order valence-corrected chi connectivity index (χ1v) is 9.52. The highest BCUT2D eigenvalue weighted by atomic mass is 16.5. The Hall–Kier alpha value is -0.820. The van der Waals surface area contributed by atoms with E-state index in [1.54, 1.807) is 6.08 Å². The van der Waals surface area contributed by atoms with Gasteiger partial charge in [-0.05, 0) is 74.2 Å². The molecule has 6 atom stereocenters. The molecule has 4 rings (SSSR count). The lowest BCUT2D eigenvalue weighted by atomic mass is 9.46. The van der Waals surface area contributed by atoms with Crippen molar-refractivity contribution >= 4 is 0 Å². The second kappa shape index (κ2) is 4.87. The molecule has 0 heterocycles. The van der Waals surface area contributed by atoms with Crippen LogP contribution in [-0.4, -0.2) is 26.7 Å². The van der Waals surface area contributed by atoms with E-state index in [4.69, 9.17) is 6.42 Å². The van der Waals surface area contributed by atoms with Crippen LogP contribution < -0.4 is 0 Å². The average molecular weight is 330 g/mol. The van der Waals surface area contributed by atoms with Crippen LogP contribution in [0.2, 0.25) is 0 Å². The molecular weight excluding hydrogens is 300 g/mol. The summed E-state index contributed by atoms with van der Waals surface area (Å²) in [6.45, 7) is 4.54. The second-order valence-corrected chi connectivity index (χ2v) is 9.38. The molecule has 4 aliphatic rings. The molecule has 0 radical (unpaired) electrons. The molecule has 132 valence electrons. The van der Waals surface area contributed by atoms with Crippen LogP contribution in [0.1, 0.15) is 65.2 Å². The fourth-order valence-electron chi connectivity index (χ4n) is 6.96. The monoisotopic (exact) mass is 330 g/mol. The molecule has 3 N–H and O–H groups in total. The predicted octanol–water partition coefficient (Wildman–Crippen LogP) is 2.99. The molecule has 0 spiro atoms. The van der Waals surface area contributed by atoms with Crippen LogP contribution in [0.15, 0.2) is 11.6 Å². The lowest BCUT2D eigenvalue weighted by molar-refractivity contribution is -0.150. The number of fused-ring (bicyclic) bond motifs is 5. The standard InChI is InChI=1S/C21H30O3/c1-4-20(22)10-8-17-15-6-5-14-13-21(23,24)12-11-18(14,2)16(15)7-9-19(17,20)3/h1,13,15-17,22-24H,5-12H2,2-3H3/t15-,16+,17+,18+,19+,20+/m1/s1. The highest BCUT2D eigenvalue weighted by molar-refractivity contribution is 5.29. The van der Waals surface area contributed by atoms with Crippen molar-refractivity contribution in [2.45, 2.75) is 76.6 Å². The number of hydrogen-bond donors (Lipinski definition) is 3. The smallest absolute Gasteiger partial charge is 0.182 e. The first kappa shape index (κ1) is 16.6. The number of rotatable bonds is 0. The summed E-state index contributed by atoms with van der Waals surface area (Å²) in [7, 11) is 0. The third kappa shape index (κ3) is 1.97. The fraction of sp³-hybridized carbons (Fsp3) is 0.810. The van der Waals surface area contributed by atoms with Crippen LogP contribution in [-0.2, 0) is 0 Å². The molecule has 3 nitrogen and oxygen atoms in total. The van der Waals surface area contributed by atoms with Crippen LogP contribution in [0.4, 0.5) is 0 Å². The van der Waals surface area contributed by atoms with E-state index in [1.807, 2.05) is 0 Å². The summed E-state index contributed by atoms with van der Waals surface area (Å²) in [4.78, 5) is 0. The van der Waals surface area contributed by atoms with Gasteiger partial charge in [0, 0.05) is 11.8 Å². The lowest BCUT2D eigenvalue weighted by Gasteiger charge is -2.59. The van der Waals surface area contributed by atoms with E-state index < -0.39 is 11.4 Å². The molecule has 24 heavy (non-hydrogen) atoms. The van der Waals surface area contributed by atoms with E-state index in [0.29, 0.717) is 24.2 Å². The quantitative estimate of drug-likeness (QED) is 0.363. The van der Waals surface area contributed by atoms with Gasteiger partial charge in [-0.2, -0.15) is 0 Å². The molecule has 0 unspecified atom stereocenters. The Morgan fingerprint density at radius 2 is 1.71 bits per heavy atom. The number of aliphatic hydroxyl groups is 3. The van der Waals surface area contributed by atoms with Crippen LogP contribution in [0.5, 0.6) is 0 Å². The van der Waals surface area contributed by atoms with E-state index in [-0.39, 0.29) is 10.8 Å². The minimum atomic E-state index is -1.62. The summed E-state index contributed by atoms with van der Waals surface area (Å²) in [6.07, 6.45) is 14.6. The van der Waals surface area contributed by atoms with Crippen LogP contribution in [0, 0.1) is 40.9 Å². The van der Waals surface area contributed by atoms with Gasteiger partial charge in [0.05, 0.1) is 0 Å². The van der Waals surface area contributed by atoms with Gasteiger partial charge in [-0.15, -0.1) is 6.42 Å². The molecule has 0 aromatic carbocycles. The Labute approximate surface area is 145 Å². The van der Waals surface area contributed by atoms with Gasteiger partial charge in [0.2, 0.25) is 0 Å². The van der Waals surface area contributed by atoms with Gasteiger partial charge in [0.25, 0.3) is 0 Å². The molecule has 0 aliphatic heterocycles. The lowest BCUT2D eigenvalue weighted by Crippen LogP contribution is -2.55. The van der Waals surface area contributed by atoms with E-state index in [1.165, 1.54) is 5.57 Å². The zero-order valence-corrected chi connectivity index (χ0v) is 14.9. The minimum absolute atomic E-state index is 0.0794. The Morgan fingerprint density at radius 3 is 2.42 bits per heavy atom. The summed E-state index contributed by atoms with van der Waals surface area (Å²) >= 11 is 0. The Morgan fingerprint density at radius 1 is 1.00 bits per heavy atom. The number of terminal acetylenes is 1. The summed E-state index contributed by atoms with van der Waals surface area (Å²) in [5.74, 6) is 2.77. The van der Waals surface area contributed by atoms with Gasteiger partial charge >= 0.3 is 0 Å². The summed E-state index contributed by atoms with van der Waals surface area (Å²) in [6, 6.07) is 0. The number of hydrogen-bond acceptors (Lipinski definition) is 3. The topological polar surface area (TPSA) is 60.7 Å². The normalized spacial score (nSPS) is 52.5. The van der Waals surface area contributed by atoms with Crippen LogP contribution >= 0.6 is 0 Å². The van der Waals surface area contributed by atoms with Gasteiger partial charge in [-0.1, -0.05) is 25.3 Å². The molecule has 0 saturated heterocycles. The molecule has 3 saturated carbocycles. The molecule has 3 fully saturated rings. The highest BCUT2D eigenvalue weighted by Crippen LogP contribution is 2.67. The molecule has 0 amide bonds. The van der Waals surface area contributed by atoms with Crippen molar-refractivity contribution < 1.29 is 15.3 Å². The van der Waals surface area contributed by atoms with Crippen molar-refractivity contribution in [3.05, 3.63) is 11.6 Å². The van der Waals surface area contributed by atoms with Crippen LogP contribution in [0.25, 0.3) is 0 Å². The van der Waals surface area contributed by atoms with Crippen molar-refractivity contribution in [2.75, 3.05) is 0 Å². The highest BCUT2D eigenvalue weighted by Gasteiger charge is 2.63. The first-order chi connectivity index (χ1) is 11.2. The SMILES string of the molecule is C#C[C@]1(O)CC[C@H]2[C@@H]3CCC4=CC(O)(O)CC[C@]4(C)[C@H]3CC[C@@]21C. The van der Waals surface area contributed by atoms with Crippen molar-refractivity contribution in [1.29, 1.82) is 0 Å². The number of allylic oxidation sites excluding steroid dienone is 1. The van der Waals surface area contributed by atoms with E-state index >= 15 is 0 Å². The average Bonchev–Trinajstić information content (AvgIpc) is 2.80. The third-order valence-corrected chi connectivity index (χ3v) is 8.54. The summed E-state index contributed by atoms with van der Waals surface area (Å²) in [5.41, 5.74) is 0.217. The maximum atomic E-state index is 11.0. The van der Waals surface area contributed by atoms with Gasteiger partial charge in [0.1, 0.15) is 5.60 Å². The van der Waals surface area contributed by atoms with Crippen molar-refractivity contribution in [2.24, 2.45) is 28.6 Å². The van der Waals surface area contributed by atoms with Gasteiger partial charge in [-0.3, -0.25) is 0 Å². The maximum absolute atomic E-state index is 11.0. The zero-order valence-electron chi connectivity index (χ0n) is 14.9. The van der Waals surface area contributed by atoms with Gasteiger partial charge < -0.3 is 15.3 Å². The Balaban J connectivity index is 1.69. The van der Waals surface area contributed by atoms with Gasteiger partial charge in [-0.25, -0.2) is 0 Å². The largest absolute Gasteiger partial charge is 0.377 e. The zero-order chi connectivity index (χ0) is 17.4. The van der Waals surface area contributed by atoms with Crippen molar-refractivity contribution in [3.8, 4) is 12.3 Å². The Kier molecular flexibility index (Phi) is 3.38. The molecule has 0 aromatic heterocycles. The van der Waals surface area contributed by atoms with E-state index in [2.05, 4.69) is 19.8 Å². The first-order valence-electron chi connectivity index (χ1n) is 9.52. The predicted molar refractivity (Wildman–Crippen MR) is 92.7 cm³/mol. The third-order valence-electron chi connectivity index (χ3n) is 8.54. The second-order valence-electron chi connectivity index (χ2n) is 9.38. The van der Waals surface area contributed by atoms with Gasteiger partial charge in [0.15, 0.2) is 5.79 Å². The molecular formula is C21H30O3. The summed E-state index contributed by atoms with van der Waals surface area (Å²) < 4.78 is 0. The Bertz CT molecular complexity index is 629. The minimum Gasteiger partial charge on any atom is -0.377 e. The molecule has 0 bridgehead atoms. The fourth-order valence-corrected chi connectivity index (χ4v) is 6.96. The van der Waals surface area contributed by atoms with E-state index in [0.717, 1.165) is 44.9 Å². The molecule has 3 heteroatoms. The van der Waals surface area contributed by atoms with Crippen LogP contribution in [0.3, 0.4) is 0 Å².